The molecule has 0 spiro atoms. The molecule has 102 valence electrons. The van der Waals surface area contributed by atoms with Gasteiger partial charge in [0, 0.05) is 5.56 Å². The quantitative estimate of drug-likeness (QED) is 0.791. The zero-order chi connectivity index (χ0) is 13.8. The highest BCUT2D eigenvalue weighted by Crippen LogP contribution is 2.23. The second-order valence-corrected chi connectivity index (χ2v) is 4.70. The molecule has 1 unspecified atom stereocenters. The second-order valence-electron chi connectivity index (χ2n) is 4.17. The molecule has 6 heteroatoms. The zero-order valence-electron chi connectivity index (χ0n) is 10.8. The molecule has 0 fully saturated rings. The van der Waals surface area contributed by atoms with Crippen molar-refractivity contribution in [3.8, 4) is 5.75 Å². The summed E-state index contributed by atoms with van der Waals surface area (Å²) in [5, 5.41) is 7.85. The minimum absolute atomic E-state index is 0.150. The highest BCUT2D eigenvalue weighted by atomic mass is 35.5. The maximum absolute atomic E-state index is 13.3. The number of methoxy groups -OCH3 is 1. The van der Waals surface area contributed by atoms with Gasteiger partial charge in [0.25, 0.3) is 0 Å². The molecule has 2 aromatic rings. The van der Waals surface area contributed by atoms with Crippen molar-refractivity contribution in [3.63, 3.8) is 0 Å². The molecule has 0 aliphatic rings. The van der Waals surface area contributed by atoms with Crippen LogP contribution in [-0.2, 0) is 6.54 Å². The summed E-state index contributed by atoms with van der Waals surface area (Å²) in [5.41, 5.74) is 1.43. The van der Waals surface area contributed by atoms with E-state index in [9.17, 15) is 4.39 Å². The molecule has 0 aliphatic carbocycles. The van der Waals surface area contributed by atoms with E-state index in [0.717, 1.165) is 12.1 Å². The van der Waals surface area contributed by atoms with E-state index in [2.05, 4.69) is 10.3 Å². The predicted molar refractivity (Wildman–Crippen MR) is 71.0 cm³/mol. The Morgan fingerprint density at radius 1 is 1.47 bits per heavy atom. The molecule has 1 heterocycles. The van der Waals surface area contributed by atoms with Gasteiger partial charge >= 0.3 is 0 Å². The Morgan fingerprint density at radius 2 is 2.26 bits per heavy atom. The maximum atomic E-state index is 13.3. The van der Waals surface area contributed by atoms with Crippen LogP contribution in [0.15, 0.2) is 24.4 Å². The van der Waals surface area contributed by atoms with Gasteiger partial charge in [0.1, 0.15) is 17.3 Å². The average Bonchev–Trinajstić information content (AvgIpc) is 2.86. The lowest BCUT2D eigenvalue weighted by atomic mass is 10.2. The Bertz CT molecular complexity index is 559. The van der Waals surface area contributed by atoms with Gasteiger partial charge in [0.2, 0.25) is 0 Å². The Morgan fingerprint density at radius 3 is 2.95 bits per heavy atom. The summed E-state index contributed by atoms with van der Waals surface area (Å²) >= 11 is 6.09. The van der Waals surface area contributed by atoms with E-state index in [-0.39, 0.29) is 11.2 Å². The van der Waals surface area contributed by atoms with Crippen LogP contribution >= 0.6 is 11.6 Å². The van der Waals surface area contributed by atoms with Crippen molar-refractivity contribution in [3.05, 3.63) is 41.5 Å². The largest absolute Gasteiger partial charge is 0.496 e. The van der Waals surface area contributed by atoms with Gasteiger partial charge in [0.15, 0.2) is 0 Å². The molecular weight excluding hydrogens is 269 g/mol. The summed E-state index contributed by atoms with van der Waals surface area (Å²) < 4.78 is 20.1. The van der Waals surface area contributed by atoms with Gasteiger partial charge in [-0.25, -0.2) is 9.07 Å². The highest BCUT2D eigenvalue weighted by Gasteiger charge is 2.11. The number of alkyl halides is 1. The fourth-order valence-electron chi connectivity index (χ4n) is 1.79. The van der Waals surface area contributed by atoms with Crippen LogP contribution in [-0.4, -0.2) is 22.1 Å². The first-order valence-electron chi connectivity index (χ1n) is 6.00. The van der Waals surface area contributed by atoms with Gasteiger partial charge in [-0.05, 0) is 24.6 Å². The number of halogens is 2. The Labute approximate surface area is 116 Å². The Balaban J connectivity index is 2.21. The van der Waals surface area contributed by atoms with E-state index >= 15 is 0 Å². The molecule has 1 atom stereocenters. The molecule has 4 nitrogen and oxygen atoms in total. The number of nitrogens with zero attached hydrogens (tertiary/aromatic N) is 3. The van der Waals surface area contributed by atoms with Gasteiger partial charge in [-0.1, -0.05) is 12.1 Å². The summed E-state index contributed by atoms with van der Waals surface area (Å²) in [6, 6.07) is 4.39. The van der Waals surface area contributed by atoms with Crippen LogP contribution in [0.5, 0.6) is 5.75 Å². The van der Waals surface area contributed by atoms with Gasteiger partial charge in [0.05, 0.1) is 25.2 Å². The van der Waals surface area contributed by atoms with Crippen LogP contribution in [0.4, 0.5) is 4.39 Å². The molecule has 1 aromatic heterocycles. The van der Waals surface area contributed by atoms with E-state index < -0.39 is 0 Å². The van der Waals surface area contributed by atoms with Gasteiger partial charge in [-0.2, -0.15) is 0 Å². The molecule has 0 N–H and O–H groups in total. The number of benzene rings is 1. The van der Waals surface area contributed by atoms with Crippen LogP contribution in [0.3, 0.4) is 0 Å². The summed E-state index contributed by atoms with van der Waals surface area (Å²) in [5.74, 6) is 0.316. The molecule has 1 aromatic carbocycles. The summed E-state index contributed by atoms with van der Waals surface area (Å²) in [6.07, 6.45) is 2.55. The van der Waals surface area contributed by atoms with Crippen LogP contribution in [0.25, 0.3) is 0 Å². The lowest BCUT2D eigenvalue weighted by Gasteiger charge is -2.08. The molecule has 0 amide bonds. The third-order valence-corrected chi connectivity index (χ3v) is 3.34. The maximum Gasteiger partial charge on any atom is 0.124 e. The first-order valence-corrected chi connectivity index (χ1v) is 6.44. The van der Waals surface area contributed by atoms with Gasteiger partial charge in [-0.15, -0.1) is 16.7 Å². The SMILES string of the molecule is CCC(Cl)c1cn(Cc2cc(F)ccc2OC)nn1. The first-order chi connectivity index (χ1) is 9.13. The van der Waals surface area contributed by atoms with Gasteiger partial charge < -0.3 is 4.74 Å². The third-order valence-electron chi connectivity index (χ3n) is 2.81. The average molecular weight is 284 g/mol. The summed E-state index contributed by atoms with van der Waals surface area (Å²) in [6.45, 7) is 2.37. The standard InChI is InChI=1S/C13H15ClFN3O/c1-3-11(14)12-8-18(17-16-12)7-9-6-10(15)4-5-13(9)19-2/h4-6,8,11H,3,7H2,1-2H3. The smallest absolute Gasteiger partial charge is 0.124 e. The van der Waals surface area contributed by atoms with E-state index in [4.69, 9.17) is 16.3 Å². The van der Waals surface area contributed by atoms with Crippen LogP contribution < -0.4 is 4.74 Å². The van der Waals surface area contributed by atoms with Crippen molar-refractivity contribution in [2.75, 3.05) is 7.11 Å². The van der Waals surface area contributed by atoms with Crippen LogP contribution in [0, 0.1) is 5.82 Å². The monoisotopic (exact) mass is 283 g/mol. The molecule has 0 bridgehead atoms. The topological polar surface area (TPSA) is 39.9 Å². The normalized spacial score (nSPS) is 12.4. The predicted octanol–water partition coefficient (Wildman–Crippen LogP) is 3.16. The lowest BCUT2D eigenvalue weighted by Crippen LogP contribution is -2.03. The molecule has 0 saturated heterocycles. The van der Waals surface area contributed by atoms with Crippen molar-refractivity contribution >= 4 is 11.6 Å². The third kappa shape index (κ3) is 3.23. The molecule has 0 saturated carbocycles. The summed E-state index contributed by atoms with van der Waals surface area (Å²) in [7, 11) is 1.55. The Kier molecular flexibility index (Phi) is 4.37. The number of aromatic nitrogens is 3. The second kappa shape index (κ2) is 6.02. The van der Waals surface area contributed by atoms with Crippen molar-refractivity contribution in [1.82, 2.24) is 15.0 Å². The lowest BCUT2D eigenvalue weighted by molar-refractivity contribution is 0.405. The van der Waals surface area contributed by atoms with Crippen LogP contribution in [0.2, 0.25) is 0 Å². The Hall–Kier alpha value is -1.62. The molecule has 0 radical (unpaired) electrons. The summed E-state index contributed by atoms with van der Waals surface area (Å²) in [4.78, 5) is 0. The van der Waals surface area contributed by atoms with Crippen molar-refractivity contribution in [2.24, 2.45) is 0 Å². The number of hydrogen-bond acceptors (Lipinski definition) is 3. The van der Waals surface area contributed by atoms with E-state index in [1.807, 2.05) is 6.92 Å². The zero-order valence-corrected chi connectivity index (χ0v) is 11.6. The van der Waals surface area contributed by atoms with Crippen molar-refractivity contribution in [2.45, 2.75) is 25.3 Å². The fourth-order valence-corrected chi connectivity index (χ4v) is 1.89. The molecular formula is C13H15ClFN3O. The van der Waals surface area contributed by atoms with Crippen molar-refractivity contribution < 1.29 is 9.13 Å². The van der Waals surface area contributed by atoms with E-state index in [1.54, 1.807) is 24.1 Å². The highest BCUT2D eigenvalue weighted by molar-refractivity contribution is 6.20. The molecule has 0 aliphatic heterocycles. The number of rotatable bonds is 5. The molecule has 2 rings (SSSR count). The fraction of sp³-hybridized carbons (Fsp3) is 0.385. The molecule has 19 heavy (non-hydrogen) atoms. The van der Waals surface area contributed by atoms with Crippen LogP contribution in [0.1, 0.15) is 30.0 Å². The van der Waals surface area contributed by atoms with E-state index in [1.165, 1.54) is 12.1 Å². The van der Waals surface area contributed by atoms with Gasteiger partial charge in [-0.3, -0.25) is 0 Å². The number of ether oxygens (including phenoxy) is 1. The first kappa shape index (κ1) is 13.8. The number of hydrogen-bond donors (Lipinski definition) is 0. The van der Waals surface area contributed by atoms with E-state index in [0.29, 0.717) is 17.9 Å². The minimum Gasteiger partial charge on any atom is -0.496 e. The van der Waals surface area contributed by atoms with Crippen molar-refractivity contribution in [1.29, 1.82) is 0 Å². The minimum atomic E-state index is -0.306.